The number of rotatable bonds is 5. The van der Waals surface area contributed by atoms with Crippen LogP contribution in [0.3, 0.4) is 0 Å². The molecule has 2 aromatic heterocycles. The van der Waals surface area contributed by atoms with Crippen molar-refractivity contribution in [3.05, 3.63) is 51.8 Å². The Hall–Kier alpha value is -1.63. The average molecular weight is 302 g/mol. The first-order valence-electron chi connectivity index (χ1n) is 6.31. The van der Waals surface area contributed by atoms with Gasteiger partial charge in [-0.1, -0.05) is 34.8 Å². The first-order chi connectivity index (χ1) is 9.86. The Balaban J connectivity index is 1.77. The van der Waals surface area contributed by atoms with E-state index in [1.165, 1.54) is 11.5 Å². The van der Waals surface area contributed by atoms with Gasteiger partial charge >= 0.3 is 0 Å². The summed E-state index contributed by atoms with van der Waals surface area (Å²) in [6, 6.07) is 10.4. The van der Waals surface area contributed by atoms with Gasteiger partial charge in [-0.15, -0.1) is 16.4 Å². The first kappa shape index (κ1) is 13.4. The van der Waals surface area contributed by atoms with E-state index in [-0.39, 0.29) is 6.04 Å². The van der Waals surface area contributed by atoms with E-state index >= 15 is 0 Å². The maximum Gasteiger partial charge on any atom is 0.0952 e. The van der Waals surface area contributed by atoms with Crippen molar-refractivity contribution in [2.75, 3.05) is 7.05 Å². The van der Waals surface area contributed by atoms with E-state index in [9.17, 15) is 0 Å². The summed E-state index contributed by atoms with van der Waals surface area (Å²) in [5.74, 6) is 0. The smallest absolute Gasteiger partial charge is 0.0952 e. The second kappa shape index (κ2) is 6.21. The third kappa shape index (κ3) is 2.92. The molecule has 0 spiro atoms. The molecule has 0 bridgehead atoms. The number of nitrogens with zero attached hydrogens (tertiary/aromatic N) is 3. The Morgan fingerprint density at radius 3 is 2.75 bits per heavy atom. The van der Waals surface area contributed by atoms with Gasteiger partial charge in [0.05, 0.1) is 22.4 Å². The standard InChI is InChI=1S/C14H14N4S2/c1-15-11(13-9-20-18-17-13)7-14-16-12(8-19-14)10-5-3-2-4-6-10/h2-6,8-9,11,15H,7H2,1H3. The highest BCUT2D eigenvalue weighted by atomic mass is 32.1. The molecule has 3 rings (SSSR count). The third-order valence-electron chi connectivity index (χ3n) is 3.08. The van der Waals surface area contributed by atoms with Crippen LogP contribution in [0.5, 0.6) is 0 Å². The van der Waals surface area contributed by atoms with Crippen LogP contribution in [0.25, 0.3) is 11.3 Å². The number of thiazole rings is 1. The van der Waals surface area contributed by atoms with E-state index < -0.39 is 0 Å². The van der Waals surface area contributed by atoms with Crippen molar-refractivity contribution < 1.29 is 0 Å². The van der Waals surface area contributed by atoms with Crippen molar-refractivity contribution in [2.45, 2.75) is 12.5 Å². The van der Waals surface area contributed by atoms with Gasteiger partial charge in [0.2, 0.25) is 0 Å². The minimum Gasteiger partial charge on any atom is -0.311 e. The number of benzene rings is 1. The summed E-state index contributed by atoms with van der Waals surface area (Å²) in [5, 5.41) is 12.6. The Morgan fingerprint density at radius 2 is 2.05 bits per heavy atom. The predicted octanol–water partition coefficient (Wildman–Crippen LogP) is 3.16. The Bertz CT molecular complexity index is 649. The van der Waals surface area contributed by atoms with Gasteiger partial charge in [-0.2, -0.15) is 0 Å². The monoisotopic (exact) mass is 302 g/mol. The van der Waals surface area contributed by atoms with Gasteiger partial charge in [0.25, 0.3) is 0 Å². The van der Waals surface area contributed by atoms with Gasteiger partial charge in [0.15, 0.2) is 0 Å². The van der Waals surface area contributed by atoms with Gasteiger partial charge in [0, 0.05) is 22.7 Å². The van der Waals surface area contributed by atoms with Gasteiger partial charge < -0.3 is 5.32 Å². The second-order valence-corrected chi connectivity index (χ2v) is 5.92. The van der Waals surface area contributed by atoms with Gasteiger partial charge in [-0.05, 0) is 18.6 Å². The van der Waals surface area contributed by atoms with Gasteiger partial charge in [0.1, 0.15) is 0 Å². The Kier molecular flexibility index (Phi) is 4.15. The van der Waals surface area contributed by atoms with Crippen LogP contribution < -0.4 is 5.32 Å². The van der Waals surface area contributed by atoms with Crippen LogP contribution in [-0.2, 0) is 6.42 Å². The summed E-state index contributed by atoms with van der Waals surface area (Å²) >= 11 is 3.07. The van der Waals surface area contributed by atoms with E-state index in [1.54, 1.807) is 11.3 Å². The van der Waals surface area contributed by atoms with Crippen molar-refractivity contribution in [3.8, 4) is 11.3 Å². The summed E-state index contributed by atoms with van der Waals surface area (Å²) < 4.78 is 3.92. The summed E-state index contributed by atoms with van der Waals surface area (Å²) in [6.45, 7) is 0. The number of likely N-dealkylation sites (N-methyl/N-ethyl adjacent to an activating group) is 1. The maximum absolute atomic E-state index is 4.71. The number of hydrogen-bond acceptors (Lipinski definition) is 6. The molecule has 20 heavy (non-hydrogen) atoms. The molecule has 3 aromatic rings. The molecule has 1 N–H and O–H groups in total. The molecule has 4 nitrogen and oxygen atoms in total. The SMILES string of the molecule is CNC(Cc1nc(-c2ccccc2)cs1)c1csnn1. The topological polar surface area (TPSA) is 50.7 Å². The number of hydrogen-bond donors (Lipinski definition) is 1. The second-order valence-electron chi connectivity index (χ2n) is 4.37. The first-order valence-corrected chi connectivity index (χ1v) is 8.02. The van der Waals surface area contributed by atoms with E-state index in [1.807, 2.05) is 30.6 Å². The lowest BCUT2D eigenvalue weighted by Gasteiger charge is -2.10. The van der Waals surface area contributed by atoms with Crippen LogP contribution in [-0.4, -0.2) is 21.6 Å². The van der Waals surface area contributed by atoms with Crippen LogP contribution in [0.2, 0.25) is 0 Å². The quantitative estimate of drug-likeness (QED) is 0.786. The van der Waals surface area contributed by atoms with Crippen molar-refractivity contribution in [2.24, 2.45) is 0 Å². The lowest BCUT2D eigenvalue weighted by atomic mass is 10.1. The molecule has 6 heteroatoms. The molecule has 1 atom stereocenters. The molecule has 2 heterocycles. The molecule has 1 aromatic carbocycles. The Labute approximate surface area is 125 Å². The molecule has 102 valence electrons. The largest absolute Gasteiger partial charge is 0.311 e. The number of aromatic nitrogens is 3. The Morgan fingerprint density at radius 1 is 1.20 bits per heavy atom. The minimum atomic E-state index is 0.170. The van der Waals surface area contributed by atoms with Crippen LogP contribution in [0.15, 0.2) is 41.1 Å². The van der Waals surface area contributed by atoms with Crippen LogP contribution >= 0.6 is 22.9 Å². The van der Waals surface area contributed by atoms with E-state index in [2.05, 4.69) is 32.4 Å². The molecule has 0 saturated carbocycles. The molecule has 0 saturated heterocycles. The van der Waals surface area contributed by atoms with Crippen LogP contribution in [0, 0.1) is 0 Å². The van der Waals surface area contributed by atoms with Gasteiger partial charge in [-0.3, -0.25) is 0 Å². The molecule has 1 unspecified atom stereocenters. The van der Waals surface area contributed by atoms with Crippen LogP contribution in [0.1, 0.15) is 16.7 Å². The molecule has 0 fully saturated rings. The van der Waals surface area contributed by atoms with E-state index in [4.69, 9.17) is 4.98 Å². The molecule has 0 amide bonds. The summed E-state index contributed by atoms with van der Waals surface area (Å²) in [6.07, 6.45) is 0.833. The fraction of sp³-hybridized carbons (Fsp3) is 0.214. The molecular formula is C14H14N4S2. The summed E-state index contributed by atoms with van der Waals surface area (Å²) in [4.78, 5) is 4.71. The van der Waals surface area contributed by atoms with Crippen molar-refractivity contribution in [1.29, 1.82) is 0 Å². The van der Waals surface area contributed by atoms with E-state index in [0.29, 0.717) is 0 Å². The van der Waals surface area contributed by atoms with Crippen LogP contribution in [0.4, 0.5) is 0 Å². The predicted molar refractivity (Wildman–Crippen MR) is 83.0 cm³/mol. The highest BCUT2D eigenvalue weighted by Gasteiger charge is 2.15. The molecule has 0 aliphatic heterocycles. The zero-order valence-electron chi connectivity index (χ0n) is 11.0. The molecule has 0 aliphatic rings. The zero-order chi connectivity index (χ0) is 13.8. The molecule has 0 radical (unpaired) electrons. The van der Waals surface area contributed by atoms with E-state index in [0.717, 1.165) is 28.4 Å². The highest BCUT2D eigenvalue weighted by Crippen LogP contribution is 2.25. The van der Waals surface area contributed by atoms with Gasteiger partial charge in [-0.25, -0.2) is 4.98 Å². The van der Waals surface area contributed by atoms with Crippen molar-refractivity contribution >= 4 is 22.9 Å². The summed E-state index contributed by atoms with van der Waals surface area (Å²) in [7, 11) is 1.94. The van der Waals surface area contributed by atoms with Crippen molar-refractivity contribution in [1.82, 2.24) is 19.9 Å². The normalized spacial score (nSPS) is 12.4. The number of nitrogens with one attached hydrogen (secondary N) is 1. The van der Waals surface area contributed by atoms with Crippen molar-refractivity contribution in [3.63, 3.8) is 0 Å². The summed E-state index contributed by atoms with van der Waals surface area (Å²) in [5.41, 5.74) is 3.18. The fourth-order valence-corrected chi connectivity index (χ4v) is 3.36. The highest BCUT2D eigenvalue weighted by molar-refractivity contribution is 7.10. The lowest BCUT2D eigenvalue weighted by Crippen LogP contribution is -2.19. The molecule has 0 aliphatic carbocycles. The zero-order valence-corrected chi connectivity index (χ0v) is 12.6. The maximum atomic E-state index is 4.71. The average Bonchev–Trinajstić information content (AvgIpc) is 3.17. The minimum absolute atomic E-state index is 0.170. The fourth-order valence-electron chi connectivity index (χ4n) is 2.00. The third-order valence-corrected chi connectivity index (χ3v) is 4.48. The lowest BCUT2D eigenvalue weighted by molar-refractivity contribution is 0.573. The molecular weight excluding hydrogens is 288 g/mol.